The zero-order chi connectivity index (χ0) is 11.7. The highest BCUT2D eigenvalue weighted by molar-refractivity contribution is 5.29. The second-order valence-corrected chi connectivity index (χ2v) is 5.94. The molecule has 0 amide bonds. The van der Waals surface area contributed by atoms with Crippen molar-refractivity contribution in [2.75, 3.05) is 0 Å². The SMILES string of the molecule is CC1Cc2ccccc2CNC12CCCCC2. The molecule has 2 aliphatic rings. The first-order chi connectivity index (χ1) is 8.30. The van der Waals surface area contributed by atoms with Crippen molar-refractivity contribution in [2.45, 2.75) is 57.5 Å². The minimum atomic E-state index is 0.428. The van der Waals surface area contributed by atoms with Crippen LogP contribution in [0.25, 0.3) is 0 Å². The van der Waals surface area contributed by atoms with Gasteiger partial charge < -0.3 is 5.32 Å². The molecule has 1 nitrogen and oxygen atoms in total. The summed E-state index contributed by atoms with van der Waals surface area (Å²) in [4.78, 5) is 0. The molecule has 92 valence electrons. The van der Waals surface area contributed by atoms with Crippen LogP contribution in [0.4, 0.5) is 0 Å². The van der Waals surface area contributed by atoms with Crippen LogP contribution in [-0.2, 0) is 13.0 Å². The number of nitrogens with one attached hydrogen (secondary N) is 1. The minimum Gasteiger partial charge on any atom is -0.307 e. The first-order valence-electron chi connectivity index (χ1n) is 7.12. The van der Waals surface area contributed by atoms with E-state index in [0.29, 0.717) is 5.54 Å². The molecule has 1 N–H and O–H groups in total. The Morgan fingerprint density at radius 3 is 2.53 bits per heavy atom. The van der Waals surface area contributed by atoms with Crippen LogP contribution in [0, 0.1) is 5.92 Å². The molecule has 1 unspecified atom stereocenters. The molecule has 0 aromatic heterocycles. The molecule has 1 heterocycles. The molecule has 1 spiro atoms. The molecule has 0 saturated heterocycles. The van der Waals surface area contributed by atoms with E-state index in [2.05, 4.69) is 36.5 Å². The summed E-state index contributed by atoms with van der Waals surface area (Å²) >= 11 is 0. The lowest BCUT2D eigenvalue weighted by atomic mass is 9.72. The normalized spacial score (nSPS) is 27.5. The van der Waals surface area contributed by atoms with E-state index in [-0.39, 0.29) is 0 Å². The van der Waals surface area contributed by atoms with Crippen LogP contribution < -0.4 is 5.32 Å². The van der Waals surface area contributed by atoms with Gasteiger partial charge in [0.15, 0.2) is 0 Å². The summed E-state index contributed by atoms with van der Waals surface area (Å²) in [5, 5.41) is 3.90. The van der Waals surface area contributed by atoms with Crippen LogP contribution in [0.15, 0.2) is 24.3 Å². The van der Waals surface area contributed by atoms with Crippen LogP contribution in [0.5, 0.6) is 0 Å². The maximum atomic E-state index is 3.90. The Morgan fingerprint density at radius 2 is 1.76 bits per heavy atom. The molecular formula is C16H23N. The van der Waals surface area contributed by atoms with Crippen molar-refractivity contribution in [3.05, 3.63) is 35.4 Å². The van der Waals surface area contributed by atoms with Crippen molar-refractivity contribution in [1.82, 2.24) is 5.32 Å². The van der Waals surface area contributed by atoms with E-state index in [4.69, 9.17) is 0 Å². The fourth-order valence-corrected chi connectivity index (χ4v) is 3.75. The van der Waals surface area contributed by atoms with Gasteiger partial charge in [-0.15, -0.1) is 0 Å². The second-order valence-electron chi connectivity index (χ2n) is 5.94. The van der Waals surface area contributed by atoms with Crippen molar-refractivity contribution in [3.63, 3.8) is 0 Å². The zero-order valence-electron chi connectivity index (χ0n) is 10.8. The van der Waals surface area contributed by atoms with E-state index in [1.54, 1.807) is 5.56 Å². The summed E-state index contributed by atoms with van der Waals surface area (Å²) in [6, 6.07) is 8.96. The number of hydrogen-bond acceptors (Lipinski definition) is 1. The average molecular weight is 229 g/mol. The van der Waals surface area contributed by atoms with Gasteiger partial charge in [0.2, 0.25) is 0 Å². The maximum Gasteiger partial charge on any atom is 0.0213 e. The predicted octanol–water partition coefficient (Wildman–Crippen LogP) is 3.67. The van der Waals surface area contributed by atoms with Gasteiger partial charge in [-0.05, 0) is 36.3 Å². The molecule has 17 heavy (non-hydrogen) atoms. The summed E-state index contributed by atoms with van der Waals surface area (Å²) in [6.45, 7) is 3.51. The number of rotatable bonds is 0. The third kappa shape index (κ3) is 2.01. The fraction of sp³-hybridized carbons (Fsp3) is 0.625. The minimum absolute atomic E-state index is 0.428. The van der Waals surface area contributed by atoms with Crippen molar-refractivity contribution >= 4 is 0 Å². The molecule has 1 saturated carbocycles. The summed E-state index contributed by atoms with van der Waals surface area (Å²) in [7, 11) is 0. The van der Waals surface area contributed by atoms with E-state index in [9.17, 15) is 0 Å². The molecule has 1 aromatic carbocycles. The van der Waals surface area contributed by atoms with Gasteiger partial charge in [0.05, 0.1) is 0 Å². The molecule has 0 bridgehead atoms. The Hall–Kier alpha value is -0.820. The van der Waals surface area contributed by atoms with Crippen molar-refractivity contribution in [1.29, 1.82) is 0 Å². The van der Waals surface area contributed by atoms with E-state index in [0.717, 1.165) is 12.5 Å². The predicted molar refractivity (Wildman–Crippen MR) is 72.0 cm³/mol. The van der Waals surface area contributed by atoms with Crippen LogP contribution in [0.2, 0.25) is 0 Å². The molecule has 1 aromatic rings. The molecule has 3 rings (SSSR count). The Balaban J connectivity index is 1.88. The Morgan fingerprint density at radius 1 is 1.06 bits per heavy atom. The first-order valence-corrected chi connectivity index (χ1v) is 7.12. The molecule has 1 heteroatoms. The maximum absolute atomic E-state index is 3.90. The molecular weight excluding hydrogens is 206 g/mol. The third-order valence-electron chi connectivity index (χ3n) is 4.96. The third-order valence-corrected chi connectivity index (χ3v) is 4.96. The van der Waals surface area contributed by atoms with Crippen LogP contribution >= 0.6 is 0 Å². The van der Waals surface area contributed by atoms with Crippen molar-refractivity contribution < 1.29 is 0 Å². The highest BCUT2D eigenvalue weighted by atomic mass is 15.0. The zero-order valence-corrected chi connectivity index (χ0v) is 10.8. The molecule has 1 aliphatic heterocycles. The monoisotopic (exact) mass is 229 g/mol. The average Bonchev–Trinajstić information content (AvgIpc) is 2.50. The summed E-state index contributed by atoms with van der Waals surface area (Å²) in [5.74, 6) is 0.770. The van der Waals surface area contributed by atoms with Gasteiger partial charge in [0.1, 0.15) is 0 Å². The van der Waals surface area contributed by atoms with Gasteiger partial charge >= 0.3 is 0 Å². The van der Waals surface area contributed by atoms with E-state index in [1.165, 1.54) is 44.1 Å². The second kappa shape index (κ2) is 4.45. The lowest BCUT2D eigenvalue weighted by Gasteiger charge is -2.42. The van der Waals surface area contributed by atoms with Gasteiger partial charge in [-0.25, -0.2) is 0 Å². The Bertz CT molecular complexity index is 390. The first kappa shape index (κ1) is 11.3. The number of fused-ring (bicyclic) bond motifs is 1. The highest BCUT2D eigenvalue weighted by Gasteiger charge is 2.38. The lowest BCUT2D eigenvalue weighted by Crippen LogP contribution is -2.50. The van der Waals surface area contributed by atoms with Gasteiger partial charge in [-0.2, -0.15) is 0 Å². The van der Waals surface area contributed by atoms with Crippen LogP contribution in [0.3, 0.4) is 0 Å². The molecule has 0 radical (unpaired) electrons. The largest absolute Gasteiger partial charge is 0.307 e. The van der Waals surface area contributed by atoms with Crippen LogP contribution in [-0.4, -0.2) is 5.54 Å². The van der Waals surface area contributed by atoms with Crippen molar-refractivity contribution in [3.8, 4) is 0 Å². The van der Waals surface area contributed by atoms with Gasteiger partial charge in [-0.3, -0.25) is 0 Å². The summed E-state index contributed by atoms with van der Waals surface area (Å²) in [5.41, 5.74) is 3.51. The van der Waals surface area contributed by atoms with E-state index in [1.807, 2.05) is 0 Å². The highest BCUT2D eigenvalue weighted by Crippen LogP contribution is 2.38. The standard InChI is InChI=1S/C16H23N/c1-13-11-14-7-3-4-8-15(14)12-17-16(13)9-5-2-6-10-16/h3-4,7-8,13,17H,2,5-6,9-12H2,1H3. The van der Waals surface area contributed by atoms with Gasteiger partial charge in [0.25, 0.3) is 0 Å². The Labute approximate surface area is 105 Å². The summed E-state index contributed by atoms with van der Waals surface area (Å²) in [6.07, 6.45) is 8.26. The van der Waals surface area contributed by atoms with E-state index < -0.39 is 0 Å². The lowest BCUT2D eigenvalue weighted by molar-refractivity contribution is 0.158. The molecule has 1 aliphatic carbocycles. The fourth-order valence-electron chi connectivity index (χ4n) is 3.75. The number of benzene rings is 1. The van der Waals surface area contributed by atoms with Crippen molar-refractivity contribution in [2.24, 2.45) is 5.92 Å². The smallest absolute Gasteiger partial charge is 0.0213 e. The number of hydrogen-bond donors (Lipinski definition) is 1. The van der Waals surface area contributed by atoms with Gasteiger partial charge in [-0.1, -0.05) is 50.5 Å². The quantitative estimate of drug-likeness (QED) is 0.715. The van der Waals surface area contributed by atoms with E-state index >= 15 is 0 Å². The van der Waals surface area contributed by atoms with Gasteiger partial charge in [0, 0.05) is 12.1 Å². The molecule has 1 fully saturated rings. The Kier molecular flexibility index (Phi) is 2.96. The topological polar surface area (TPSA) is 12.0 Å². The van der Waals surface area contributed by atoms with Crippen LogP contribution in [0.1, 0.15) is 50.2 Å². The summed E-state index contributed by atoms with van der Waals surface area (Å²) < 4.78 is 0. The molecule has 1 atom stereocenters.